The maximum absolute atomic E-state index is 11.0. The number of amides is 1. The first-order chi connectivity index (χ1) is 9.72. The number of unbranched alkanes of at least 4 members (excludes halogenated alkanes) is 10. The summed E-state index contributed by atoms with van der Waals surface area (Å²) in [6, 6.07) is 0. The van der Waals surface area contributed by atoms with Crippen molar-refractivity contribution in [2.24, 2.45) is 0 Å². The first-order valence-electron chi connectivity index (χ1n) is 8.68. The van der Waals surface area contributed by atoms with Gasteiger partial charge in [-0.2, -0.15) is 0 Å². The number of rotatable bonds is 14. The monoisotopic (exact) mass is 284 g/mol. The van der Waals surface area contributed by atoms with Crippen LogP contribution in [0.5, 0.6) is 0 Å². The third kappa shape index (κ3) is 12.3. The highest BCUT2D eigenvalue weighted by molar-refractivity contribution is 5.64. The van der Waals surface area contributed by atoms with Gasteiger partial charge in [-0.25, -0.2) is 9.90 Å². The van der Waals surface area contributed by atoms with E-state index in [9.17, 15) is 9.90 Å². The van der Waals surface area contributed by atoms with Crippen LogP contribution in [-0.4, -0.2) is 24.1 Å². The molecule has 0 unspecified atom stereocenters. The molecule has 1 amide bonds. The van der Waals surface area contributed by atoms with Crippen molar-refractivity contribution in [3.63, 3.8) is 0 Å². The Morgan fingerprint density at radius 3 is 1.35 bits per heavy atom. The van der Waals surface area contributed by atoms with E-state index in [2.05, 4.69) is 13.8 Å². The molecule has 0 aromatic heterocycles. The molecule has 0 aliphatic rings. The molecular weight excluding hydrogens is 250 g/mol. The number of carbonyl (C=O) groups excluding carboxylic acids is 1. The Kier molecular flexibility index (Phi) is 14.1. The first-order valence-corrected chi connectivity index (χ1v) is 8.68. The zero-order valence-corrected chi connectivity index (χ0v) is 13.7. The third-order valence-corrected chi connectivity index (χ3v) is 3.82. The van der Waals surface area contributed by atoms with Gasteiger partial charge in [-0.3, -0.25) is 0 Å². The zero-order chi connectivity index (χ0) is 15.1. The van der Waals surface area contributed by atoms with Crippen molar-refractivity contribution in [1.29, 1.82) is 0 Å². The Bertz CT molecular complexity index is 203. The van der Waals surface area contributed by atoms with Gasteiger partial charge < -0.3 is 4.90 Å². The Morgan fingerprint density at radius 1 is 0.650 bits per heavy atom. The predicted molar refractivity (Wildman–Crippen MR) is 84.4 cm³/mol. The molecule has 0 spiro atoms. The molecule has 0 bridgehead atoms. The van der Waals surface area contributed by atoms with Gasteiger partial charge in [-0.1, -0.05) is 78.1 Å². The SMILES string of the molecule is CCCCCCCCN(CCCCCCCC)C([O])=O. The molecule has 0 aromatic rings. The van der Waals surface area contributed by atoms with Crippen LogP contribution in [0.25, 0.3) is 0 Å². The van der Waals surface area contributed by atoms with Crippen LogP contribution in [0.4, 0.5) is 4.79 Å². The Hall–Kier alpha value is -0.730. The van der Waals surface area contributed by atoms with E-state index in [-0.39, 0.29) is 0 Å². The Labute approximate surface area is 125 Å². The molecule has 3 heteroatoms. The molecule has 0 aliphatic heterocycles. The van der Waals surface area contributed by atoms with Gasteiger partial charge >= 0.3 is 6.09 Å². The maximum Gasteiger partial charge on any atom is 0.453 e. The van der Waals surface area contributed by atoms with E-state index in [1.807, 2.05) is 0 Å². The van der Waals surface area contributed by atoms with Crippen molar-refractivity contribution in [3.05, 3.63) is 0 Å². The molecule has 0 saturated carbocycles. The number of carbonyl (C=O) groups is 1. The minimum atomic E-state index is -0.993. The first kappa shape index (κ1) is 19.3. The van der Waals surface area contributed by atoms with Crippen molar-refractivity contribution in [1.82, 2.24) is 4.90 Å². The van der Waals surface area contributed by atoms with Gasteiger partial charge in [0.25, 0.3) is 0 Å². The lowest BCUT2D eigenvalue weighted by Gasteiger charge is -2.17. The average Bonchev–Trinajstić information content (AvgIpc) is 2.43. The van der Waals surface area contributed by atoms with Crippen molar-refractivity contribution in [2.45, 2.75) is 90.9 Å². The highest BCUT2D eigenvalue weighted by atomic mass is 16.4. The molecule has 1 radical (unpaired) electrons. The summed E-state index contributed by atoms with van der Waals surface area (Å²) in [6.07, 6.45) is 13.3. The lowest BCUT2D eigenvalue weighted by atomic mass is 10.1. The van der Waals surface area contributed by atoms with Gasteiger partial charge in [0.15, 0.2) is 0 Å². The molecule has 119 valence electrons. The van der Waals surface area contributed by atoms with Crippen LogP contribution in [-0.2, 0) is 5.11 Å². The molecule has 0 N–H and O–H groups in total. The summed E-state index contributed by atoms with van der Waals surface area (Å²) in [5, 5.41) is 11.0. The molecule has 0 aliphatic carbocycles. The largest absolute Gasteiger partial charge is 0.453 e. The Morgan fingerprint density at radius 2 is 1.00 bits per heavy atom. The van der Waals surface area contributed by atoms with E-state index < -0.39 is 6.09 Å². The fourth-order valence-electron chi connectivity index (χ4n) is 2.46. The van der Waals surface area contributed by atoms with Crippen molar-refractivity contribution >= 4 is 6.09 Å². The van der Waals surface area contributed by atoms with Crippen molar-refractivity contribution in [2.75, 3.05) is 13.1 Å². The molecule has 0 fully saturated rings. The average molecular weight is 284 g/mol. The summed E-state index contributed by atoms with van der Waals surface area (Å²) in [5.41, 5.74) is 0. The lowest BCUT2D eigenvalue weighted by Crippen LogP contribution is -2.30. The fraction of sp³-hybridized carbons (Fsp3) is 0.941. The van der Waals surface area contributed by atoms with E-state index in [1.54, 1.807) is 0 Å². The summed E-state index contributed by atoms with van der Waals surface area (Å²) in [7, 11) is 0. The van der Waals surface area contributed by atoms with Gasteiger partial charge in [0.05, 0.1) is 0 Å². The van der Waals surface area contributed by atoms with E-state index >= 15 is 0 Å². The molecular formula is C17H34NO2. The molecule has 0 rings (SSSR count). The smallest absolute Gasteiger partial charge is 0.305 e. The zero-order valence-electron chi connectivity index (χ0n) is 13.7. The van der Waals surface area contributed by atoms with Crippen LogP contribution < -0.4 is 0 Å². The van der Waals surface area contributed by atoms with Crippen LogP contribution in [0.1, 0.15) is 90.9 Å². The van der Waals surface area contributed by atoms with E-state index in [0.717, 1.165) is 25.7 Å². The van der Waals surface area contributed by atoms with Crippen molar-refractivity contribution in [3.8, 4) is 0 Å². The van der Waals surface area contributed by atoms with Gasteiger partial charge in [0.2, 0.25) is 0 Å². The van der Waals surface area contributed by atoms with Crippen LogP contribution >= 0.6 is 0 Å². The van der Waals surface area contributed by atoms with Crippen molar-refractivity contribution < 1.29 is 9.90 Å². The maximum atomic E-state index is 11.0. The molecule has 0 atom stereocenters. The molecule has 0 saturated heterocycles. The van der Waals surface area contributed by atoms with Crippen LogP contribution in [0.2, 0.25) is 0 Å². The number of hydrogen-bond acceptors (Lipinski definition) is 1. The van der Waals surface area contributed by atoms with E-state index in [1.165, 1.54) is 56.3 Å². The Balaban J connectivity index is 3.53. The third-order valence-electron chi connectivity index (χ3n) is 3.82. The van der Waals surface area contributed by atoms with E-state index in [4.69, 9.17) is 0 Å². The van der Waals surface area contributed by atoms with Gasteiger partial charge in [-0.05, 0) is 12.8 Å². The molecule has 3 nitrogen and oxygen atoms in total. The molecule has 20 heavy (non-hydrogen) atoms. The van der Waals surface area contributed by atoms with Gasteiger partial charge in [0, 0.05) is 13.1 Å². The summed E-state index contributed by atoms with van der Waals surface area (Å²) in [6.45, 7) is 5.73. The second-order valence-electron chi connectivity index (χ2n) is 5.79. The quantitative estimate of drug-likeness (QED) is 0.385. The standard InChI is InChI=1S/C17H34NO2/c1-3-5-7-9-11-13-15-18(17(19)20)16-14-12-10-8-6-4-2/h3-16H2,1-2H3. The highest BCUT2D eigenvalue weighted by Gasteiger charge is 2.12. The lowest BCUT2D eigenvalue weighted by molar-refractivity contribution is 0.118. The second-order valence-corrected chi connectivity index (χ2v) is 5.79. The van der Waals surface area contributed by atoms with Gasteiger partial charge in [0.1, 0.15) is 0 Å². The number of hydrogen-bond donors (Lipinski definition) is 0. The predicted octanol–water partition coefficient (Wildman–Crippen LogP) is 5.56. The molecule has 0 heterocycles. The summed E-state index contributed by atoms with van der Waals surface area (Å²) < 4.78 is 0. The summed E-state index contributed by atoms with van der Waals surface area (Å²) in [5.74, 6) is 0. The number of nitrogens with zero attached hydrogens (tertiary/aromatic N) is 1. The van der Waals surface area contributed by atoms with E-state index in [0.29, 0.717) is 13.1 Å². The minimum Gasteiger partial charge on any atom is -0.305 e. The second kappa shape index (κ2) is 14.7. The van der Waals surface area contributed by atoms with Crippen LogP contribution in [0, 0.1) is 0 Å². The van der Waals surface area contributed by atoms with Crippen LogP contribution in [0.15, 0.2) is 0 Å². The fourth-order valence-corrected chi connectivity index (χ4v) is 2.46. The highest BCUT2D eigenvalue weighted by Crippen LogP contribution is 2.09. The normalized spacial score (nSPS) is 10.7. The summed E-state index contributed by atoms with van der Waals surface area (Å²) in [4.78, 5) is 12.5. The summed E-state index contributed by atoms with van der Waals surface area (Å²) >= 11 is 0. The topological polar surface area (TPSA) is 40.2 Å². The minimum absolute atomic E-state index is 0.656. The van der Waals surface area contributed by atoms with Crippen LogP contribution in [0.3, 0.4) is 0 Å². The molecule has 0 aromatic carbocycles. The van der Waals surface area contributed by atoms with Gasteiger partial charge in [-0.15, -0.1) is 0 Å².